The summed E-state index contributed by atoms with van der Waals surface area (Å²) in [5.74, 6) is -4.17. The summed E-state index contributed by atoms with van der Waals surface area (Å²) >= 11 is 0. The molecule has 2 N–H and O–H groups in total. The Bertz CT molecular complexity index is 991. The van der Waals surface area contributed by atoms with Crippen LogP contribution in [0.2, 0.25) is 0 Å². The van der Waals surface area contributed by atoms with Gasteiger partial charge in [0.05, 0.1) is 17.0 Å². The summed E-state index contributed by atoms with van der Waals surface area (Å²) in [4.78, 5) is 23.6. The van der Waals surface area contributed by atoms with Crippen molar-refractivity contribution in [1.82, 2.24) is 4.72 Å². The number of benzene rings is 2. The van der Waals surface area contributed by atoms with Crippen molar-refractivity contribution in [1.29, 1.82) is 5.26 Å². The third-order valence-corrected chi connectivity index (χ3v) is 4.60. The lowest BCUT2D eigenvalue weighted by Crippen LogP contribution is -2.39. The number of sulfonamides is 1. The van der Waals surface area contributed by atoms with Crippen molar-refractivity contribution in [2.24, 2.45) is 5.92 Å². The zero-order valence-electron chi connectivity index (χ0n) is 14.1. The molecule has 0 aromatic heterocycles. The predicted octanol–water partition coefficient (Wildman–Crippen LogP) is 1.92. The molecule has 0 saturated heterocycles. The summed E-state index contributed by atoms with van der Waals surface area (Å²) in [6, 6.07) is 16.5. The molecule has 2 aromatic carbocycles. The number of carbonyl (C=O) groups is 2. The molecule has 0 fully saturated rings. The Morgan fingerprint density at radius 3 is 2.30 bits per heavy atom. The molecule has 2 aromatic rings. The van der Waals surface area contributed by atoms with Crippen molar-refractivity contribution in [2.45, 2.75) is 6.42 Å². The van der Waals surface area contributed by atoms with E-state index >= 15 is 0 Å². The predicted molar refractivity (Wildman–Crippen MR) is 98.5 cm³/mol. The Hall–Kier alpha value is -3.44. The third-order valence-electron chi connectivity index (χ3n) is 3.62. The maximum Gasteiger partial charge on any atom is 0.316 e. The average molecular weight is 384 g/mol. The van der Waals surface area contributed by atoms with Crippen LogP contribution in [0.1, 0.15) is 16.7 Å². The van der Waals surface area contributed by atoms with Crippen molar-refractivity contribution >= 4 is 28.0 Å². The fourth-order valence-electron chi connectivity index (χ4n) is 2.22. The van der Waals surface area contributed by atoms with E-state index in [2.05, 4.69) is 0 Å². The maximum atomic E-state index is 12.2. The fraction of sp³-hybridized carbons (Fsp3) is 0.105. The Labute approximate surface area is 156 Å². The van der Waals surface area contributed by atoms with E-state index in [0.29, 0.717) is 16.7 Å². The summed E-state index contributed by atoms with van der Waals surface area (Å²) in [6.07, 6.45) is 1.09. The number of nitrogens with one attached hydrogen (secondary N) is 1. The van der Waals surface area contributed by atoms with Gasteiger partial charge in [-0.2, -0.15) is 5.26 Å². The van der Waals surface area contributed by atoms with Crippen LogP contribution in [0, 0.1) is 17.2 Å². The highest BCUT2D eigenvalue weighted by Gasteiger charge is 2.29. The molecule has 138 valence electrons. The SMILES string of the molecule is N#Cc1ccc(CC(C(=O)O)C(=O)NS(=O)(=O)/C=C/c2ccccc2)cc1. The number of carboxylic acids is 1. The molecule has 1 amide bonds. The van der Waals surface area contributed by atoms with Gasteiger partial charge >= 0.3 is 5.97 Å². The molecule has 2 rings (SSSR count). The highest BCUT2D eigenvalue weighted by atomic mass is 32.2. The van der Waals surface area contributed by atoms with Gasteiger partial charge < -0.3 is 5.11 Å². The summed E-state index contributed by atoms with van der Waals surface area (Å²) in [5, 5.41) is 18.9. The molecule has 1 unspecified atom stereocenters. The second-order valence-electron chi connectivity index (χ2n) is 5.63. The van der Waals surface area contributed by atoms with E-state index in [1.54, 1.807) is 35.1 Å². The van der Waals surface area contributed by atoms with Crippen LogP contribution in [-0.2, 0) is 26.0 Å². The molecule has 0 aliphatic rings. The Morgan fingerprint density at radius 2 is 1.74 bits per heavy atom. The van der Waals surface area contributed by atoms with Crippen molar-refractivity contribution in [3.05, 3.63) is 76.7 Å². The first-order chi connectivity index (χ1) is 12.8. The van der Waals surface area contributed by atoms with Gasteiger partial charge in [0.1, 0.15) is 5.92 Å². The summed E-state index contributed by atoms with van der Waals surface area (Å²) < 4.78 is 25.8. The smallest absolute Gasteiger partial charge is 0.316 e. The third kappa shape index (κ3) is 6.09. The molecule has 27 heavy (non-hydrogen) atoms. The van der Waals surface area contributed by atoms with Gasteiger partial charge in [-0.1, -0.05) is 42.5 Å². The number of carbonyl (C=O) groups excluding carboxylic acids is 1. The van der Waals surface area contributed by atoms with E-state index in [9.17, 15) is 23.1 Å². The number of nitriles is 1. The number of aliphatic carboxylic acids is 1. The molecule has 8 heteroatoms. The van der Waals surface area contributed by atoms with Gasteiger partial charge in [0.2, 0.25) is 5.91 Å². The molecular formula is C19H16N2O5S. The lowest BCUT2D eigenvalue weighted by atomic mass is 9.98. The first kappa shape index (κ1) is 19.9. The number of nitrogens with zero attached hydrogens (tertiary/aromatic N) is 1. The minimum atomic E-state index is -4.15. The topological polar surface area (TPSA) is 124 Å². The average Bonchev–Trinajstić information content (AvgIpc) is 2.65. The van der Waals surface area contributed by atoms with Gasteiger partial charge in [0.15, 0.2) is 0 Å². The van der Waals surface area contributed by atoms with Crippen molar-refractivity contribution < 1.29 is 23.1 Å². The standard InChI is InChI=1S/C19H16N2O5S/c20-13-16-8-6-15(7-9-16)12-17(19(23)24)18(22)21-27(25,26)11-10-14-4-2-1-3-5-14/h1-11,17H,12H2,(H,21,22)(H,23,24)/b11-10+. The van der Waals surface area contributed by atoms with Crippen molar-refractivity contribution in [3.8, 4) is 6.07 Å². The Balaban J connectivity index is 2.10. The first-order valence-electron chi connectivity index (χ1n) is 7.82. The summed E-state index contributed by atoms with van der Waals surface area (Å²) in [7, 11) is -4.15. The number of amides is 1. The van der Waals surface area contributed by atoms with Crippen LogP contribution in [0.5, 0.6) is 0 Å². The molecule has 0 saturated carbocycles. The van der Waals surface area contributed by atoms with E-state index in [-0.39, 0.29) is 6.42 Å². The maximum absolute atomic E-state index is 12.2. The summed E-state index contributed by atoms with van der Waals surface area (Å²) in [5.41, 5.74) is 1.50. The quantitative estimate of drug-likeness (QED) is 0.703. The van der Waals surface area contributed by atoms with Crippen LogP contribution in [0.15, 0.2) is 60.0 Å². The molecular weight excluding hydrogens is 368 g/mol. The highest BCUT2D eigenvalue weighted by Crippen LogP contribution is 2.12. The van der Waals surface area contributed by atoms with Crippen LogP contribution >= 0.6 is 0 Å². The molecule has 0 spiro atoms. The molecule has 0 aliphatic heterocycles. The van der Waals surface area contributed by atoms with Crippen LogP contribution in [0.25, 0.3) is 6.08 Å². The molecule has 0 radical (unpaired) electrons. The largest absolute Gasteiger partial charge is 0.481 e. The normalized spacial score (nSPS) is 12.3. The van der Waals surface area contributed by atoms with Gasteiger partial charge in [0.25, 0.3) is 10.0 Å². The van der Waals surface area contributed by atoms with Crippen molar-refractivity contribution in [3.63, 3.8) is 0 Å². The van der Waals surface area contributed by atoms with Crippen LogP contribution in [0.4, 0.5) is 0 Å². The van der Waals surface area contributed by atoms with Crippen molar-refractivity contribution in [2.75, 3.05) is 0 Å². The van der Waals surface area contributed by atoms with Gasteiger partial charge in [-0.05, 0) is 35.8 Å². The Morgan fingerprint density at radius 1 is 1.11 bits per heavy atom. The van der Waals surface area contributed by atoms with E-state index in [4.69, 9.17) is 5.26 Å². The number of rotatable bonds is 7. The minimum Gasteiger partial charge on any atom is -0.481 e. The molecule has 0 aliphatic carbocycles. The second kappa shape index (κ2) is 8.78. The number of hydrogen-bond acceptors (Lipinski definition) is 5. The molecule has 1 atom stereocenters. The van der Waals surface area contributed by atoms with Gasteiger partial charge in [-0.3, -0.25) is 9.59 Å². The van der Waals surface area contributed by atoms with Gasteiger partial charge in [-0.15, -0.1) is 0 Å². The zero-order valence-corrected chi connectivity index (χ0v) is 14.9. The highest BCUT2D eigenvalue weighted by molar-refractivity contribution is 7.93. The molecule has 0 heterocycles. The molecule has 0 bridgehead atoms. The number of carboxylic acid groups (broad SMARTS) is 1. The van der Waals surface area contributed by atoms with Gasteiger partial charge in [-0.25, -0.2) is 13.1 Å². The van der Waals surface area contributed by atoms with E-state index in [0.717, 1.165) is 5.41 Å². The Kier molecular flexibility index (Phi) is 6.46. The van der Waals surface area contributed by atoms with E-state index in [1.165, 1.54) is 30.3 Å². The van der Waals surface area contributed by atoms with Crippen LogP contribution < -0.4 is 4.72 Å². The van der Waals surface area contributed by atoms with E-state index < -0.39 is 27.8 Å². The number of hydrogen-bond donors (Lipinski definition) is 2. The van der Waals surface area contributed by atoms with Gasteiger partial charge in [0, 0.05) is 0 Å². The lowest BCUT2D eigenvalue weighted by Gasteiger charge is -2.12. The van der Waals surface area contributed by atoms with E-state index in [1.807, 2.05) is 6.07 Å². The summed E-state index contributed by atoms with van der Waals surface area (Å²) in [6.45, 7) is 0. The lowest BCUT2D eigenvalue weighted by molar-refractivity contribution is -0.146. The second-order valence-corrected chi connectivity index (χ2v) is 7.19. The first-order valence-corrected chi connectivity index (χ1v) is 9.37. The molecule has 7 nitrogen and oxygen atoms in total. The monoisotopic (exact) mass is 384 g/mol. The van der Waals surface area contributed by atoms with Crippen LogP contribution in [0.3, 0.4) is 0 Å². The minimum absolute atomic E-state index is 0.204. The fourth-order valence-corrected chi connectivity index (χ4v) is 3.05. The van der Waals surface area contributed by atoms with Crippen LogP contribution in [-0.4, -0.2) is 25.4 Å². The zero-order chi connectivity index (χ0) is 19.9.